The van der Waals surface area contributed by atoms with E-state index in [1.54, 1.807) is 14.1 Å². The number of nitrogens with zero attached hydrogens (tertiary/aromatic N) is 1. The number of nitrogens with one attached hydrogen (secondary N) is 1. The van der Waals surface area contributed by atoms with Gasteiger partial charge in [0.15, 0.2) is 0 Å². The van der Waals surface area contributed by atoms with Gasteiger partial charge in [0.25, 0.3) is 0 Å². The average molecular weight is 227 g/mol. The highest BCUT2D eigenvalue weighted by Crippen LogP contribution is 2.17. The molecule has 2 amide bonds. The predicted octanol–water partition coefficient (Wildman–Crippen LogP) is 2.67. The SMILES string of the molecule is CC(NC(=O)N(C)C)c1cccc(Cl)c1. The maximum atomic E-state index is 11.4. The van der Waals surface area contributed by atoms with Crippen LogP contribution in [0.15, 0.2) is 24.3 Å². The van der Waals surface area contributed by atoms with Crippen LogP contribution in [0.2, 0.25) is 5.02 Å². The van der Waals surface area contributed by atoms with Gasteiger partial charge in [-0.25, -0.2) is 4.79 Å². The molecule has 0 fully saturated rings. The lowest BCUT2D eigenvalue weighted by Crippen LogP contribution is -2.36. The molecule has 4 heteroatoms. The number of carbonyl (C=O) groups excluding carboxylic acids is 1. The number of benzene rings is 1. The highest BCUT2D eigenvalue weighted by atomic mass is 35.5. The minimum atomic E-state index is -0.109. The summed E-state index contributed by atoms with van der Waals surface area (Å²) in [5.74, 6) is 0. The third kappa shape index (κ3) is 3.44. The summed E-state index contributed by atoms with van der Waals surface area (Å²) in [4.78, 5) is 12.9. The molecule has 0 aliphatic rings. The Morgan fingerprint density at radius 2 is 2.13 bits per heavy atom. The number of rotatable bonds is 2. The Balaban J connectivity index is 2.69. The van der Waals surface area contributed by atoms with Gasteiger partial charge in [-0.1, -0.05) is 23.7 Å². The second-order valence-electron chi connectivity index (χ2n) is 3.62. The number of carbonyl (C=O) groups is 1. The maximum absolute atomic E-state index is 11.4. The maximum Gasteiger partial charge on any atom is 0.317 e. The Hall–Kier alpha value is -1.22. The van der Waals surface area contributed by atoms with E-state index in [2.05, 4.69) is 5.32 Å². The molecule has 0 spiro atoms. The molecule has 1 atom stereocenters. The van der Waals surface area contributed by atoms with Crippen LogP contribution >= 0.6 is 11.6 Å². The van der Waals surface area contributed by atoms with Crippen molar-refractivity contribution in [1.82, 2.24) is 10.2 Å². The van der Waals surface area contributed by atoms with Crippen LogP contribution in [0, 0.1) is 0 Å². The second-order valence-corrected chi connectivity index (χ2v) is 4.06. The average Bonchev–Trinajstić information content (AvgIpc) is 2.17. The van der Waals surface area contributed by atoms with E-state index in [9.17, 15) is 4.79 Å². The lowest BCUT2D eigenvalue weighted by Gasteiger charge is -2.18. The Morgan fingerprint density at radius 3 is 2.67 bits per heavy atom. The van der Waals surface area contributed by atoms with Crippen molar-refractivity contribution in [3.8, 4) is 0 Å². The third-order valence-electron chi connectivity index (χ3n) is 2.09. The van der Waals surface area contributed by atoms with Crippen molar-refractivity contribution >= 4 is 17.6 Å². The van der Waals surface area contributed by atoms with Gasteiger partial charge in [0.2, 0.25) is 0 Å². The zero-order chi connectivity index (χ0) is 11.4. The minimum absolute atomic E-state index is 0.0430. The molecule has 0 aromatic heterocycles. The smallest absolute Gasteiger partial charge is 0.317 e. The lowest BCUT2D eigenvalue weighted by molar-refractivity contribution is 0.214. The molecule has 0 saturated heterocycles. The molecule has 0 radical (unpaired) electrons. The zero-order valence-electron chi connectivity index (χ0n) is 9.12. The van der Waals surface area contributed by atoms with Gasteiger partial charge in [0, 0.05) is 19.1 Å². The molecular weight excluding hydrogens is 212 g/mol. The van der Waals surface area contributed by atoms with Crippen molar-refractivity contribution in [3.63, 3.8) is 0 Å². The van der Waals surface area contributed by atoms with Gasteiger partial charge >= 0.3 is 6.03 Å². The zero-order valence-corrected chi connectivity index (χ0v) is 9.88. The van der Waals surface area contributed by atoms with Crippen molar-refractivity contribution in [1.29, 1.82) is 0 Å². The summed E-state index contributed by atoms with van der Waals surface area (Å²) >= 11 is 5.86. The van der Waals surface area contributed by atoms with E-state index < -0.39 is 0 Å². The Bertz CT molecular complexity index is 352. The summed E-state index contributed by atoms with van der Waals surface area (Å²) in [7, 11) is 3.42. The predicted molar refractivity (Wildman–Crippen MR) is 62.1 cm³/mol. The number of halogens is 1. The van der Waals surface area contributed by atoms with E-state index in [1.807, 2.05) is 31.2 Å². The van der Waals surface area contributed by atoms with Crippen LogP contribution < -0.4 is 5.32 Å². The largest absolute Gasteiger partial charge is 0.331 e. The molecule has 1 aromatic carbocycles. The Morgan fingerprint density at radius 1 is 1.47 bits per heavy atom. The van der Waals surface area contributed by atoms with Crippen LogP contribution in [0.5, 0.6) is 0 Å². The first-order valence-corrected chi connectivity index (χ1v) is 5.12. The number of hydrogen-bond acceptors (Lipinski definition) is 1. The summed E-state index contributed by atoms with van der Waals surface area (Å²) in [6.45, 7) is 1.92. The van der Waals surface area contributed by atoms with Crippen LogP contribution in [-0.4, -0.2) is 25.0 Å². The van der Waals surface area contributed by atoms with E-state index >= 15 is 0 Å². The molecule has 1 unspecified atom stereocenters. The first-order valence-electron chi connectivity index (χ1n) is 4.74. The van der Waals surface area contributed by atoms with Gasteiger partial charge in [0.05, 0.1) is 6.04 Å². The van der Waals surface area contributed by atoms with Gasteiger partial charge < -0.3 is 10.2 Å². The molecule has 0 bridgehead atoms. The monoisotopic (exact) mass is 226 g/mol. The number of amides is 2. The molecule has 1 aromatic rings. The first kappa shape index (κ1) is 11.9. The van der Waals surface area contributed by atoms with E-state index in [-0.39, 0.29) is 12.1 Å². The molecule has 0 heterocycles. The van der Waals surface area contributed by atoms with Crippen LogP contribution in [0.4, 0.5) is 4.79 Å². The molecule has 3 nitrogen and oxygen atoms in total. The molecule has 0 aliphatic heterocycles. The Kier molecular flexibility index (Phi) is 3.97. The normalized spacial score (nSPS) is 12.0. The van der Waals surface area contributed by atoms with Crippen LogP contribution in [-0.2, 0) is 0 Å². The number of hydrogen-bond donors (Lipinski definition) is 1. The molecular formula is C11H15ClN2O. The first-order chi connectivity index (χ1) is 7.00. The fourth-order valence-electron chi connectivity index (χ4n) is 1.17. The Labute approximate surface area is 95.0 Å². The van der Waals surface area contributed by atoms with Crippen molar-refractivity contribution in [2.24, 2.45) is 0 Å². The highest BCUT2D eigenvalue weighted by Gasteiger charge is 2.10. The topological polar surface area (TPSA) is 32.3 Å². The van der Waals surface area contributed by atoms with Crippen molar-refractivity contribution in [3.05, 3.63) is 34.9 Å². The lowest BCUT2D eigenvalue weighted by atomic mass is 10.1. The fraction of sp³-hybridized carbons (Fsp3) is 0.364. The molecule has 0 saturated carbocycles. The molecule has 1 N–H and O–H groups in total. The molecule has 82 valence electrons. The van der Waals surface area contributed by atoms with Crippen molar-refractivity contribution < 1.29 is 4.79 Å². The second kappa shape index (κ2) is 5.03. The van der Waals surface area contributed by atoms with Crippen LogP contribution in [0.25, 0.3) is 0 Å². The standard InChI is InChI=1S/C11H15ClN2O/c1-8(13-11(15)14(2)3)9-5-4-6-10(12)7-9/h4-8H,1-3H3,(H,13,15). The van der Waals surface area contributed by atoms with E-state index in [4.69, 9.17) is 11.6 Å². The summed E-state index contributed by atoms with van der Waals surface area (Å²) in [5.41, 5.74) is 0.998. The molecule has 0 aliphatic carbocycles. The van der Waals surface area contributed by atoms with Gasteiger partial charge in [-0.3, -0.25) is 0 Å². The third-order valence-corrected chi connectivity index (χ3v) is 2.33. The van der Waals surface area contributed by atoms with Crippen molar-refractivity contribution in [2.75, 3.05) is 14.1 Å². The molecule has 15 heavy (non-hydrogen) atoms. The summed E-state index contributed by atoms with van der Waals surface area (Å²) in [6.07, 6.45) is 0. The highest BCUT2D eigenvalue weighted by molar-refractivity contribution is 6.30. The summed E-state index contributed by atoms with van der Waals surface area (Å²) in [6, 6.07) is 7.32. The van der Waals surface area contributed by atoms with Gasteiger partial charge in [-0.05, 0) is 24.6 Å². The molecule has 1 rings (SSSR count). The van der Waals surface area contributed by atoms with E-state index in [0.717, 1.165) is 5.56 Å². The summed E-state index contributed by atoms with van der Waals surface area (Å²) < 4.78 is 0. The quantitative estimate of drug-likeness (QED) is 0.826. The van der Waals surface area contributed by atoms with Crippen LogP contribution in [0.3, 0.4) is 0 Å². The van der Waals surface area contributed by atoms with Gasteiger partial charge in [-0.2, -0.15) is 0 Å². The van der Waals surface area contributed by atoms with Crippen molar-refractivity contribution in [2.45, 2.75) is 13.0 Å². The summed E-state index contributed by atoms with van der Waals surface area (Å²) in [5, 5.41) is 3.53. The fourth-order valence-corrected chi connectivity index (χ4v) is 1.37. The minimum Gasteiger partial charge on any atom is -0.331 e. The van der Waals surface area contributed by atoms with Gasteiger partial charge in [0.1, 0.15) is 0 Å². The van der Waals surface area contributed by atoms with E-state index in [1.165, 1.54) is 4.90 Å². The van der Waals surface area contributed by atoms with Gasteiger partial charge in [-0.15, -0.1) is 0 Å². The van der Waals surface area contributed by atoms with Crippen LogP contribution in [0.1, 0.15) is 18.5 Å². The number of urea groups is 1. The van der Waals surface area contributed by atoms with E-state index in [0.29, 0.717) is 5.02 Å².